The summed E-state index contributed by atoms with van der Waals surface area (Å²) in [5.74, 6) is 0.924. The van der Waals surface area contributed by atoms with Crippen LogP contribution < -0.4 is 4.74 Å². The molecule has 0 N–H and O–H groups in total. The molecule has 0 unspecified atom stereocenters. The van der Waals surface area contributed by atoms with Gasteiger partial charge in [-0.25, -0.2) is 4.98 Å². The first kappa shape index (κ1) is 11.6. The second-order valence-corrected chi connectivity index (χ2v) is 5.78. The largest absolute Gasteiger partial charge is 0.496 e. The molecule has 0 fully saturated rings. The molecule has 1 aromatic heterocycles. The molecule has 0 radical (unpaired) electrons. The lowest BCUT2D eigenvalue weighted by molar-refractivity contribution is 0.411. The first-order valence-corrected chi connectivity index (χ1v) is 6.55. The van der Waals surface area contributed by atoms with Gasteiger partial charge in [0.05, 0.1) is 22.1 Å². The van der Waals surface area contributed by atoms with Crippen LogP contribution in [0.2, 0.25) is 0 Å². The molecule has 0 saturated carbocycles. The Morgan fingerprint density at radius 3 is 2.56 bits per heavy atom. The number of aromatic nitrogens is 1. The van der Waals surface area contributed by atoms with Gasteiger partial charge < -0.3 is 4.74 Å². The van der Waals surface area contributed by atoms with Gasteiger partial charge in [-0.1, -0.05) is 0 Å². The number of benzene rings is 1. The fraction of sp³-hybridized carbons (Fsp3) is 0.250. The van der Waals surface area contributed by atoms with Crippen molar-refractivity contribution in [2.24, 2.45) is 0 Å². The lowest BCUT2D eigenvalue weighted by atomic mass is 10.0. The summed E-state index contributed by atoms with van der Waals surface area (Å²) in [5, 5.41) is 0. The number of hydrogen-bond acceptors (Lipinski definition) is 3. The molecule has 0 aliphatic heterocycles. The van der Waals surface area contributed by atoms with E-state index in [9.17, 15) is 0 Å². The van der Waals surface area contributed by atoms with Gasteiger partial charge in [0.25, 0.3) is 0 Å². The van der Waals surface area contributed by atoms with Gasteiger partial charge in [0.2, 0.25) is 0 Å². The third-order valence-corrected chi connectivity index (χ3v) is 4.07. The van der Waals surface area contributed by atoms with Crippen LogP contribution in [0.4, 0.5) is 0 Å². The van der Waals surface area contributed by atoms with Gasteiger partial charge in [-0.15, -0.1) is 11.3 Å². The van der Waals surface area contributed by atoms with Crippen molar-refractivity contribution in [1.82, 2.24) is 4.98 Å². The minimum atomic E-state index is 0.924. The van der Waals surface area contributed by atoms with E-state index in [0.717, 1.165) is 26.4 Å². The van der Waals surface area contributed by atoms with Crippen LogP contribution in [0.5, 0.6) is 5.75 Å². The van der Waals surface area contributed by atoms with Gasteiger partial charge >= 0.3 is 0 Å². The molecular formula is C12H12BrNOS. The monoisotopic (exact) mass is 297 g/mol. The molecule has 0 saturated heterocycles. The first-order valence-electron chi connectivity index (χ1n) is 4.88. The van der Waals surface area contributed by atoms with Crippen molar-refractivity contribution < 1.29 is 4.74 Å². The van der Waals surface area contributed by atoms with Crippen LogP contribution in [0.15, 0.2) is 21.4 Å². The average molecular weight is 298 g/mol. The summed E-state index contributed by atoms with van der Waals surface area (Å²) in [7, 11) is 1.69. The summed E-state index contributed by atoms with van der Waals surface area (Å²) in [6, 6.07) is 4.17. The zero-order chi connectivity index (χ0) is 11.7. The standard InChI is InChI=1S/C12H12BrNOS/c1-7-5-10(15-3)8(2)4-9(7)11-12(13)16-6-14-11/h4-6H,1-3H3. The number of hydrogen-bond donors (Lipinski definition) is 0. The maximum atomic E-state index is 5.30. The van der Waals surface area contributed by atoms with Gasteiger partial charge in [0.15, 0.2) is 0 Å². The minimum absolute atomic E-state index is 0.924. The van der Waals surface area contributed by atoms with Gasteiger partial charge in [0, 0.05) is 5.56 Å². The van der Waals surface area contributed by atoms with E-state index in [-0.39, 0.29) is 0 Å². The normalized spacial score (nSPS) is 10.5. The molecule has 1 heterocycles. The average Bonchev–Trinajstić information content (AvgIpc) is 2.67. The highest BCUT2D eigenvalue weighted by atomic mass is 79.9. The highest BCUT2D eigenvalue weighted by Crippen LogP contribution is 2.35. The molecule has 0 spiro atoms. The van der Waals surface area contributed by atoms with Crippen molar-refractivity contribution in [3.05, 3.63) is 32.6 Å². The van der Waals surface area contributed by atoms with E-state index in [0.29, 0.717) is 0 Å². The van der Waals surface area contributed by atoms with Crippen LogP contribution in [0.1, 0.15) is 11.1 Å². The zero-order valence-electron chi connectivity index (χ0n) is 9.37. The summed E-state index contributed by atoms with van der Waals surface area (Å²) in [6.45, 7) is 4.12. The number of halogens is 1. The summed E-state index contributed by atoms with van der Waals surface area (Å²) in [6.07, 6.45) is 0. The Morgan fingerprint density at radius 1 is 1.25 bits per heavy atom. The molecule has 0 bridgehead atoms. The summed E-state index contributed by atoms with van der Waals surface area (Å²) >= 11 is 5.12. The zero-order valence-corrected chi connectivity index (χ0v) is 11.8. The van der Waals surface area contributed by atoms with Crippen LogP contribution >= 0.6 is 27.3 Å². The van der Waals surface area contributed by atoms with Gasteiger partial charge in [-0.2, -0.15) is 0 Å². The Bertz CT molecular complexity index is 522. The lowest BCUT2D eigenvalue weighted by Gasteiger charge is -2.10. The summed E-state index contributed by atoms with van der Waals surface area (Å²) < 4.78 is 6.37. The fourth-order valence-electron chi connectivity index (χ4n) is 1.67. The predicted molar refractivity (Wildman–Crippen MR) is 71.3 cm³/mol. The SMILES string of the molecule is COc1cc(C)c(-c2ncsc2Br)cc1C. The molecule has 0 aliphatic carbocycles. The Hall–Kier alpha value is -0.870. The van der Waals surface area contributed by atoms with E-state index >= 15 is 0 Å². The van der Waals surface area contributed by atoms with Gasteiger partial charge in [0.1, 0.15) is 5.75 Å². The second kappa shape index (κ2) is 4.55. The van der Waals surface area contributed by atoms with Crippen molar-refractivity contribution in [1.29, 1.82) is 0 Å². The number of ether oxygens (including phenoxy) is 1. The van der Waals surface area contributed by atoms with E-state index in [1.54, 1.807) is 18.4 Å². The summed E-state index contributed by atoms with van der Waals surface area (Å²) in [4.78, 5) is 4.37. The maximum Gasteiger partial charge on any atom is 0.122 e. The van der Waals surface area contributed by atoms with E-state index in [1.165, 1.54) is 5.56 Å². The molecule has 0 amide bonds. The molecule has 2 aromatic rings. The van der Waals surface area contributed by atoms with Crippen LogP contribution in [0.25, 0.3) is 11.3 Å². The smallest absolute Gasteiger partial charge is 0.122 e. The molecule has 16 heavy (non-hydrogen) atoms. The maximum absolute atomic E-state index is 5.30. The molecule has 1 aromatic carbocycles. The highest BCUT2D eigenvalue weighted by Gasteiger charge is 2.11. The van der Waals surface area contributed by atoms with Crippen molar-refractivity contribution in [2.75, 3.05) is 7.11 Å². The number of methoxy groups -OCH3 is 1. The Kier molecular flexibility index (Phi) is 3.30. The first-order chi connectivity index (χ1) is 7.63. The Morgan fingerprint density at radius 2 is 2.00 bits per heavy atom. The van der Waals surface area contributed by atoms with E-state index in [4.69, 9.17) is 4.74 Å². The predicted octanol–water partition coefficient (Wildman–Crippen LogP) is 4.20. The van der Waals surface area contributed by atoms with Crippen molar-refractivity contribution in [2.45, 2.75) is 13.8 Å². The van der Waals surface area contributed by atoms with Gasteiger partial charge in [-0.05, 0) is 53.0 Å². The quantitative estimate of drug-likeness (QED) is 0.829. The van der Waals surface area contributed by atoms with E-state index in [1.807, 2.05) is 12.4 Å². The van der Waals surface area contributed by atoms with Gasteiger partial charge in [-0.3, -0.25) is 0 Å². The van der Waals surface area contributed by atoms with Crippen LogP contribution in [-0.4, -0.2) is 12.1 Å². The van der Waals surface area contributed by atoms with Crippen LogP contribution in [-0.2, 0) is 0 Å². The third-order valence-electron chi connectivity index (χ3n) is 2.52. The fourth-order valence-corrected chi connectivity index (χ4v) is 2.76. The van der Waals surface area contributed by atoms with Crippen molar-refractivity contribution in [3.63, 3.8) is 0 Å². The molecule has 2 rings (SSSR count). The van der Waals surface area contributed by atoms with Crippen molar-refractivity contribution >= 4 is 27.3 Å². The number of aryl methyl sites for hydroxylation is 2. The molecule has 84 valence electrons. The lowest BCUT2D eigenvalue weighted by Crippen LogP contribution is -1.91. The molecular weight excluding hydrogens is 286 g/mol. The van der Waals surface area contributed by atoms with Crippen molar-refractivity contribution in [3.8, 4) is 17.0 Å². The minimum Gasteiger partial charge on any atom is -0.496 e. The second-order valence-electron chi connectivity index (χ2n) is 3.61. The third kappa shape index (κ3) is 1.99. The molecule has 0 atom stereocenters. The Labute approximate surface area is 107 Å². The molecule has 4 heteroatoms. The topological polar surface area (TPSA) is 22.1 Å². The number of thiazole rings is 1. The molecule has 0 aliphatic rings. The number of rotatable bonds is 2. The summed E-state index contributed by atoms with van der Waals surface area (Å²) in [5.41, 5.74) is 6.31. The molecule has 2 nitrogen and oxygen atoms in total. The Balaban J connectivity index is 2.59. The number of nitrogens with zero attached hydrogens (tertiary/aromatic N) is 1. The van der Waals surface area contributed by atoms with Crippen LogP contribution in [0.3, 0.4) is 0 Å². The van der Waals surface area contributed by atoms with E-state index < -0.39 is 0 Å². The highest BCUT2D eigenvalue weighted by molar-refractivity contribution is 9.11. The van der Waals surface area contributed by atoms with Crippen LogP contribution in [0, 0.1) is 13.8 Å². The van der Waals surface area contributed by atoms with E-state index in [2.05, 4.69) is 40.0 Å².